The molecule has 0 unspecified atom stereocenters. The largest absolute Gasteiger partial charge is 0.497 e. The Labute approximate surface area is 155 Å². The predicted molar refractivity (Wildman–Crippen MR) is 101 cm³/mol. The van der Waals surface area contributed by atoms with Crippen molar-refractivity contribution in [1.29, 1.82) is 0 Å². The number of hydrogen-bond acceptors (Lipinski definition) is 5. The Morgan fingerprint density at radius 1 is 1.22 bits per heavy atom. The molecule has 2 heterocycles. The Hall–Kier alpha value is -3.48. The summed E-state index contributed by atoms with van der Waals surface area (Å²) in [6.07, 6.45) is -0.548. The van der Waals surface area contributed by atoms with E-state index in [2.05, 4.69) is 10.6 Å². The zero-order valence-electron chi connectivity index (χ0n) is 15.1. The molecule has 1 atom stereocenters. The summed E-state index contributed by atoms with van der Waals surface area (Å²) in [7, 11) is 1.59. The van der Waals surface area contributed by atoms with Crippen molar-refractivity contribution in [3.05, 3.63) is 47.7 Å². The van der Waals surface area contributed by atoms with Gasteiger partial charge in [-0.1, -0.05) is 0 Å². The Morgan fingerprint density at radius 3 is 2.81 bits per heavy atom. The second kappa shape index (κ2) is 6.35. The fourth-order valence-corrected chi connectivity index (χ4v) is 3.02. The third-order valence-corrected chi connectivity index (χ3v) is 4.52. The molecule has 27 heavy (non-hydrogen) atoms. The third-order valence-electron chi connectivity index (χ3n) is 4.52. The second-order valence-electron chi connectivity index (χ2n) is 6.33. The number of methoxy groups -OCH3 is 1. The van der Waals surface area contributed by atoms with Crippen molar-refractivity contribution in [3.8, 4) is 11.5 Å². The van der Waals surface area contributed by atoms with Crippen molar-refractivity contribution in [1.82, 2.24) is 0 Å². The number of benzene rings is 2. The van der Waals surface area contributed by atoms with Gasteiger partial charge in [-0.05, 0) is 50.2 Å². The molecule has 2 aromatic carbocycles. The second-order valence-corrected chi connectivity index (χ2v) is 6.33. The number of ether oxygens (including phenoxy) is 2. The molecule has 1 aliphatic rings. The monoisotopic (exact) mass is 366 g/mol. The lowest BCUT2D eigenvalue weighted by Gasteiger charge is -2.23. The first-order valence-electron chi connectivity index (χ1n) is 8.46. The molecule has 1 aromatic heterocycles. The summed E-state index contributed by atoms with van der Waals surface area (Å²) in [5.41, 5.74) is 2.37. The first-order chi connectivity index (χ1) is 13.0. The lowest BCUT2D eigenvalue weighted by atomic mass is 10.1. The highest BCUT2D eigenvalue weighted by Crippen LogP contribution is 2.33. The summed E-state index contributed by atoms with van der Waals surface area (Å²) in [6, 6.07) is 10.4. The van der Waals surface area contributed by atoms with Crippen LogP contribution in [0.15, 0.2) is 40.8 Å². The highest BCUT2D eigenvalue weighted by Gasteiger charge is 2.24. The summed E-state index contributed by atoms with van der Waals surface area (Å²) in [6.45, 7) is 3.50. The number of carbonyl (C=O) groups excluding carboxylic acids is 2. The van der Waals surface area contributed by atoms with Gasteiger partial charge in [0.1, 0.15) is 17.1 Å². The molecule has 3 aromatic rings. The Kier molecular flexibility index (Phi) is 3.99. The molecule has 2 N–H and O–H groups in total. The van der Waals surface area contributed by atoms with Crippen LogP contribution in [0.2, 0.25) is 0 Å². The van der Waals surface area contributed by atoms with Gasteiger partial charge in [0.2, 0.25) is 0 Å². The van der Waals surface area contributed by atoms with Crippen LogP contribution in [0.3, 0.4) is 0 Å². The number of anilines is 2. The molecule has 0 saturated heterocycles. The van der Waals surface area contributed by atoms with Crippen LogP contribution in [0.1, 0.15) is 23.0 Å². The van der Waals surface area contributed by atoms with Crippen LogP contribution in [0.25, 0.3) is 11.0 Å². The molecule has 0 radical (unpaired) electrons. The standard InChI is InChI=1S/C20H18N2O5/c1-10-14-9-13(25-3)5-7-16(14)27-18(10)20(24)21-12-4-6-17-15(8-12)22-19(23)11(2)26-17/h4-9,11H,1-3H3,(H,21,24)(H,22,23)/t11-/m1/s1. The van der Waals surface area contributed by atoms with Crippen LogP contribution in [-0.2, 0) is 4.79 Å². The molecule has 7 nitrogen and oxygen atoms in total. The van der Waals surface area contributed by atoms with E-state index >= 15 is 0 Å². The summed E-state index contributed by atoms with van der Waals surface area (Å²) >= 11 is 0. The number of fused-ring (bicyclic) bond motifs is 2. The van der Waals surface area contributed by atoms with E-state index in [4.69, 9.17) is 13.9 Å². The number of furan rings is 1. The summed E-state index contributed by atoms with van der Waals surface area (Å²) in [4.78, 5) is 24.4. The van der Waals surface area contributed by atoms with Crippen LogP contribution >= 0.6 is 0 Å². The van der Waals surface area contributed by atoms with Crippen molar-refractivity contribution >= 4 is 34.2 Å². The minimum absolute atomic E-state index is 0.227. The summed E-state index contributed by atoms with van der Waals surface area (Å²) < 4.78 is 16.5. The molecule has 7 heteroatoms. The molecular weight excluding hydrogens is 348 g/mol. The Morgan fingerprint density at radius 2 is 2.04 bits per heavy atom. The molecule has 0 fully saturated rings. The van der Waals surface area contributed by atoms with Crippen LogP contribution in [0.5, 0.6) is 11.5 Å². The highest BCUT2D eigenvalue weighted by molar-refractivity contribution is 6.07. The molecular formula is C20H18N2O5. The Bertz CT molecular complexity index is 1070. The van der Waals surface area contributed by atoms with Gasteiger partial charge >= 0.3 is 0 Å². The molecule has 4 rings (SSSR count). The smallest absolute Gasteiger partial charge is 0.291 e. The summed E-state index contributed by atoms with van der Waals surface area (Å²) in [5, 5.41) is 6.37. The molecule has 138 valence electrons. The van der Waals surface area contributed by atoms with Gasteiger partial charge in [-0.2, -0.15) is 0 Å². The van der Waals surface area contributed by atoms with Gasteiger partial charge in [0, 0.05) is 16.6 Å². The highest BCUT2D eigenvalue weighted by atomic mass is 16.5. The maximum absolute atomic E-state index is 12.7. The normalized spacial score (nSPS) is 15.7. The maximum Gasteiger partial charge on any atom is 0.291 e. The quantitative estimate of drug-likeness (QED) is 0.737. The number of aryl methyl sites for hydroxylation is 1. The van der Waals surface area contributed by atoms with E-state index in [-0.39, 0.29) is 17.6 Å². The SMILES string of the molecule is COc1ccc2oc(C(=O)Nc3ccc4c(c3)NC(=O)[C@@H](C)O4)c(C)c2c1. The molecule has 0 spiro atoms. The zero-order valence-corrected chi connectivity index (χ0v) is 15.1. The lowest BCUT2D eigenvalue weighted by molar-refractivity contribution is -0.122. The number of amides is 2. The van der Waals surface area contributed by atoms with Crippen LogP contribution in [0, 0.1) is 6.92 Å². The van der Waals surface area contributed by atoms with E-state index in [9.17, 15) is 9.59 Å². The first kappa shape index (κ1) is 17.0. The minimum Gasteiger partial charge on any atom is -0.497 e. The van der Waals surface area contributed by atoms with Crippen LogP contribution in [0.4, 0.5) is 11.4 Å². The minimum atomic E-state index is -0.548. The summed E-state index contributed by atoms with van der Waals surface area (Å²) in [5.74, 6) is 0.877. The van der Waals surface area contributed by atoms with E-state index in [1.807, 2.05) is 13.0 Å². The van der Waals surface area contributed by atoms with E-state index < -0.39 is 6.10 Å². The van der Waals surface area contributed by atoms with Gasteiger partial charge in [0.25, 0.3) is 11.8 Å². The topological polar surface area (TPSA) is 89.8 Å². The van der Waals surface area contributed by atoms with Crippen molar-refractivity contribution in [2.24, 2.45) is 0 Å². The molecule has 0 aliphatic carbocycles. The van der Waals surface area contributed by atoms with Gasteiger partial charge in [0.05, 0.1) is 12.8 Å². The lowest BCUT2D eigenvalue weighted by Crippen LogP contribution is -2.34. The van der Waals surface area contributed by atoms with Crippen molar-refractivity contribution in [2.45, 2.75) is 20.0 Å². The third kappa shape index (κ3) is 2.97. The number of carbonyl (C=O) groups is 2. The van der Waals surface area contributed by atoms with E-state index in [1.165, 1.54) is 0 Å². The van der Waals surface area contributed by atoms with Crippen molar-refractivity contribution in [3.63, 3.8) is 0 Å². The van der Waals surface area contributed by atoms with E-state index in [1.54, 1.807) is 44.4 Å². The fourth-order valence-electron chi connectivity index (χ4n) is 3.02. The Balaban J connectivity index is 1.61. The van der Waals surface area contributed by atoms with Crippen LogP contribution in [-0.4, -0.2) is 25.0 Å². The number of nitrogens with one attached hydrogen (secondary N) is 2. The first-order valence-corrected chi connectivity index (χ1v) is 8.46. The van der Waals surface area contributed by atoms with Gasteiger partial charge < -0.3 is 24.5 Å². The van der Waals surface area contributed by atoms with Crippen molar-refractivity contribution in [2.75, 3.05) is 17.7 Å². The van der Waals surface area contributed by atoms with Gasteiger partial charge in [-0.15, -0.1) is 0 Å². The fraction of sp³-hybridized carbons (Fsp3) is 0.200. The van der Waals surface area contributed by atoms with Crippen LogP contribution < -0.4 is 20.1 Å². The average molecular weight is 366 g/mol. The number of hydrogen-bond donors (Lipinski definition) is 2. The van der Waals surface area contributed by atoms with Gasteiger partial charge in [0.15, 0.2) is 11.9 Å². The molecule has 0 bridgehead atoms. The number of rotatable bonds is 3. The zero-order chi connectivity index (χ0) is 19.1. The molecule has 0 saturated carbocycles. The predicted octanol–water partition coefficient (Wildman–Crippen LogP) is 3.72. The van der Waals surface area contributed by atoms with Gasteiger partial charge in [-0.3, -0.25) is 9.59 Å². The molecule has 1 aliphatic heterocycles. The van der Waals surface area contributed by atoms with E-state index in [0.29, 0.717) is 28.5 Å². The van der Waals surface area contributed by atoms with E-state index in [0.717, 1.165) is 10.9 Å². The van der Waals surface area contributed by atoms with Gasteiger partial charge in [-0.25, -0.2) is 0 Å². The average Bonchev–Trinajstić information content (AvgIpc) is 2.99. The maximum atomic E-state index is 12.7. The molecule has 2 amide bonds. The van der Waals surface area contributed by atoms with Crippen molar-refractivity contribution < 1.29 is 23.5 Å².